The molecule has 0 radical (unpaired) electrons. The van der Waals surface area contributed by atoms with Crippen LogP contribution in [0.5, 0.6) is 0 Å². The number of carboxylic acid groups (broad SMARTS) is 1. The number of rotatable bonds is 13. The number of nitrogens with two attached hydrogens (primary N) is 1. The Morgan fingerprint density at radius 2 is 1.30 bits per heavy atom. The minimum absolute atomic E-state index is 0.0926. The van der Waals surface area contributed by atoms with Crippen LogP contribution in [0.2, 0.25) is 0 Å². The van der Waals surface area contributed by atoms with Crippen LogP contribution in [-0.2, 0) is 19.2 Å². The zero-order valence-electron chi connectivity index (χ0n) is 19.0. The highest BCUT2D eigenvalue weighted by Gasteiger charge is 2.32. The van der Waals surface area contributed by atoms with Gasteiger partial charge < -0.3 is 26.8 Å². The summed E-state index contributed by atoms with van der Waals surface area (Å²) in [4.78, 5) is 49.3. The first kappa shape index (κ1) is 28.2. The van der Waals surface area contributed by atoms with Gasteiger partial charge in [0.25, 0.3) is 0 Å². The SMILES string of the molecule is CSCCC(NC(=O)C(NC(=O)C(N)C(C)C)C(C)C)C(=O)NC(C(=O)O)C(C)C. The van der Waals surface area contributed by atoms with Crippen LogP contribution in [0.25, 0.3) is 0 Å². The second-order valence-corrected chi connectivity index (χ2v) is 9.40. The fraction of sp³-hybridized carbons (Fsp3) is 0.800. The van der Waals surface area contributed by atoms with Crippen molar-refractivity contribution in [2.24, 2.45) is 23.5 Å². The van der Waals surface area contributed by atoms with Crippen LogP contribution in [0.1, 0.15) is 48.0 Å². The van der Waals surface area contributed by atoms with Gasteiger partial charge in [0.2, 0.25) is 17.7 Å². The maximum atomic E-state index is 12.9. The summed E-state index contributed by atoms with van der Waals surface area (Å²) < 4.78 is 0. The Bertz CT molecular complexity index is 598. The number of aliphatic carboxylic acids is 1. The number of carbonyl (C=O) groups is 4. The molecular formula is C20H38N4O5S. The lowest BCUT2D eigenvalue weighted by molar-refractivity contribution is -0.143. The van der Waals surface area contributed by atoms with Crippen molar-refractivity contribution in [2.75, 3.05) is 12.0 Å². The van der Waals surface area contributed by atoms with Crippen LogP contribution in [0.15, 0.2) is 0 Å². The molecule has 10 heteroatoms. The third-order valence-electron chi connectivity index (χ3n) is 4.74. The topological polar surface area (TPSA) is 151 Å². The van der Waals surface area contributed by atoms with Crippen molar-refractivity contribution in [3.8, 4) is 0 Å². The largest absolute Gasteiger partial charge is 0.480 e. The number of nitrogens with one attached hydrogen (secondary N) is 3. The zero-order valence-corrected chi connectivity index (χ0v) is 19.8. The summed E-state index contributed by atoms with van der Waals surface area (Å²) in [5.74, 6) is -2.70. The molecule has 0 aromatic heterocycles. The quantitative estimate of drug-likeness (QED) is 0.277. The summed E-state index contributed by atoms with van der Waals surface area (Å²) in [7, 11) is 0. The fourth-order valence-electron chi connectivity index (χ4n) is 2.62. The Hall–Kier alpha value is -1.81. The lowest BCUT2D eigenvalue weighted by Gasteiger charge is -2.28. The molecule has 0 fully saturated rings. The molecule has 0 saturated heterocycles. The molecule has 0 rings (SSSR count). The van der Waals surface area contributed by atoms with E-state index in [9.17, 15) is 24.3 Å². The van der Waals surface area contributed by atoms with Gasteiger partial charge >= 0.3 is 5.97 Å². The van der Waals surface area contributed by atoms with Gasteiger partial charge in [-0.05, 0) is 36.2 Å². The average Bonchev–Trinajstić information content (AvgIpc) is 2.64. The zero-order chi connectivity index (χ0) is 23.6. The fourth-order valence-corrected chi connectivity index (χ4v) is 3.09. The minimum atomic E-state index is -1.14. The van der Waals surface area contributed by atoms with Gasteiger partial charge in [0, 0.05) is 0 Å². The van der Waals surface area contributed by atoms with E-state index >= 15 is 0 Å². The molecule has 0 heterocycles. The van der Waals surface area contributed by atoms with E-state index in [-0.39, 0.29) is 17.8 Å². The number of carbonyl (C=O) groups excluding carboxylic acids is 3. The van der Waals surface area contributed by atoms with Crippen LogP contribution in [-0.4, -0.2) is 65.0 Å². The van der Waals surface area contributed by atoms with Gasteiger partial charge in [0.05, 0.1) is 6.04 Å². The molecule has 0 aliphatic rings. The second-order valence-electron chi connectivity index (χ2n) is 8.41. The van der Waals surface area contributed by atoms with Gasteiger partial charge in [0.1, 0.15) is 18.1 Å². The summed E-state index contributed by atoms with van der Waals surface area (Å²) in [6, 6.07) is -3.59. The molecule has 9 nitrogen and oxygen atoms in total. The van der Waals surface area contributed by atoms with Crippen molar-refractivity contribution in [1.29, 1.82) is 0 Å². The van der Waals surface area contributed by atoms with E-state index in [0.29, 0.717) is 12.2 Å². The van der Waals surface area contributed by atoms with Gasteiger partial charge in [-0.15, -0.1) is 0 Å². The number of thioether (sulfide) groups is 1. The molecule has 0 spiro atoms. The van der Waals surface area contributed by atoms with Crippen molar-refractivity contribution in [3.63, 3.8) is 0 Å². The molecule has 30 heavy (non-hydrogen) atoms. The molecule has 0 aliphatic heterocycles. The van der Waals surface area contributed by atoms with E-state index in [4.69, 9.17) is 5.73 Å². The molecule has 174 valence electrons. The van der Waals surface area contributed by atoms with Gasteiger partial charge in [0.15, 0.2) is 0 Å². The summed E-state index contributed by atoms with van der Waals surface area (Å²) in [6.07, 6.45) is 2.20. The first-order valence-corrected chi connectivity index (χ1v) is 11.6. The Morgan fingerprint density at radius 1 is 0.800 bits per heavy atom. The lowest BCUT2D eigenvalue weighted by Crippen LogP contribution is -2.59. The van der Waals surface area contributed by atoms with E-state index in [0.717, 1.165) is 0 Å². The molecule has 4 atom stereocenters. The van der Waals surface area contributed by atoms with Crippen molar-refractivity contribution in [3.05, 3.63) is 0 Å². The Morgan fingerprint density at radius 3 is 1.70 bits per heavy atom. The third kappa shape index (κ3) is 9.34. The molecule has 0 bridgehead atoms. The Labute approximate surface area is 183 Å². The van der Waals surface area contributed by atoms with Crippen LogP contribution in [0.4, 0.5) is 0 Å². The maximum Gasteiger partial charge on any atom is 0.326 e. The number of hydrogen-bond acceptors (Lipinski definition) is 6. The minimum Gasteiger partial charge on any atom is -0.480 e. The van der Waals surface area contributed by atoms with Gasteiger partial charge in [-0.3, -0.25) is 14.4 Å². The van der Waals surface area contributed by atoms with Crippen LogP contribution in [0, 0.1) is 17.8 Å². The van der Waals surface area contributed by atoms with Crippen LogP contribution in [0.3, 0.4) is 0 Å². The Balaban J connectivity index is 5.39. The van der Waals surface area contributed by atoms with E-state index in [1.54, 1.807) is 27.7 Å². The first-order chi connectivity index (χ1) is 13.8. The summed E-state index contributed by atoms with van der Waals surface area (Å²) in [5, 5.41) is 17.2. The standard InChI is InChI=1S/C20H38N4O5S/c1-10(2)14(21)18(26)23-15(11(3)4)19(27)22-13(8-9-30-7)17(25)24-16(12(5)6)20(28)29/h10-16H,8-9,21H2,1-7H3,(H,22,27)(H,23,26)(H,24,25)(H,28,29). The highest BCUT2D eigenvalue weighted by atomic mass is 32.2. The van der Waals surface area contributed by atoms with Crippen LogP contribution >= 0.6 is 11.8 Å². The van der Waals surface area contributed by atoms with E-state index in [1.165, 1.54) is 11.8 Å². The molecule has 0 saturated carbocycles. The van der Waals surface area contributed by atoms with E-state index < -0.39 is 47.9 Å². The second kappa shape index (κ2) is 13.5. The summed E-state index contributed by atoms with van der Waals surface area (Å²) in [6.45, 7) is 10.6. The first-order valence-electron chi connectivity index (χ1n) is 10.2. The average molecular weight is 447 g/mol. The van der Waals surface area contributed by atoms with E-state index in [2.05, 4.69) is 16.0 Å². The summed E-state index contributed by atoms with van der Waals surface area (Å²) >= 11 is 1.50. The third-order valence-corrected chi connectivity index (χ3v) is 5.39. The van der Waals surface area contributed by atoms with Gasteiger partial charge in [-0.25, -0.2) is 4.79 Å². The molecule has 3 amide bonds. The van der Waals surface area contributed by atoms with E-state index in [1.807, 2.05) is 20.1 Å². The van der Waals surface area contributed by atoms with Crippen molar-refractivity contribution in [2.45, 2.75) is 72.1 Å². The summed E-state index contributed by atoms with van der Waals surface area (Å²) in [5.41, 5.74) is 5.87. The lowest BCUT2D eigenvalue weighted by atomic mass is 9.99. The van der Waals surface area contributed by atoms with Gasteiger partial charge in [-0.1, -0.05) is 41.5 Å². The number of carboxylic acids is 1. The predicted molar refractivity (Wildman–Crippen MR) is 119 cm³/mol. The molecule has 0 aromatic rings. The highest BCUT2D eigenvalue weighted by Crippen LogP contribution is 2.09. The molecular weight excluding hydrogens is 408 g/mol. The number of hydrogen-bond donors (Lipinski definition) is 5. The predicted octanol–water partition coefficient (Wildman–Crippen LogP) is 0.574. The number of amides is 3. The van der Waals surface area contributed by atoms with Crippen LogP contribution < -0.4 is 21.7 Å². The highest BCUT2D eigenvalue weighted by molar-refractivity contribution is 7.98. The molecule has 0 aliphatic carbocycles. The normalized spacial score (nSPS) is 15.4. The van der Waals surface area contributed by atoms with Crippen molar-refractivity contribution < 1.29 is 24.3 Å². The monoisotopic (exact) mass is 446 g/mol. The van der Waals surface area contributed by atoms with Crippen molar-refractivity contribution >= 4 is 35.5 Å². The molecule has 6 N–H and O–H groups in total. The molecule has 0 aromatic carbocycles. The Kier molecular flexibility index (Phi) is 12.7. The maximum absolute atomic E-state index is 12.9. The van der Waals surface area contributed by atoms with Crippen molar-refractivity contribution in [1.82, 2.24) is 16.0 Å². The molecule has 4 unspecified atom stereocenters. The van der Waals surface area contributed by atoms with Gasteiger partial charge in [-0.2, -0.15) is 11.8 Å². The smallest absolute Gasteiger partial charge is 0.326 e.